The normalized spacial score (nSPS) is 17.3. The average Bonchev–Trinajstić information content (AvgIpc) is 2.99. The van der Waals surface area contributed by atoms with E-state index in [1.807, 2.05) is 57.1 Å². The number of hydrogen-bond acceptors (Lipinski definition) is 8. The van der Waals surface area contributed by atoms with Gasteiger partial charge in [-0.15, -0.1) is 0 Å². The zero-order chi connectivity index (χ0) is 24.3. The van der Waals surface area contributed by atoms with Crippen LogP contribution in [0.2, 0.25) is 0 Å². The van der Waals surface area contributed by atoms with Crippen LogP contribution < -0.4 is 10.2 Å². The van der Waals surface area contributed by atoms with Gasteiger partial charge in [-0.25, -0.2) is 9.80 Å². The molecule has 2 N–H and O–H groups in total. The average molecular weight is 489 g/mol. The Bertz CT molecular complexity index is 1070. The van der Waals surface area contributed by atoms with Crippen LogP contribution in [0.5, 0.6) is 0 Å². The number of nitro groups is 1. The summed E-state index contributed by atoms with van der Waals surface area (Å²) in [7, 11) is 3.90. The molecule has 0 saturated carbocycles. The highest BCUT2D eigenvalue weighted by Crippen LogP contribution is 2.42. The van der Waals surface area contributed by atoms with Crippen LogP contribution in [0.15, 0.2) is 53.6 Å². The summed E-state index contributed by atoms with van der Waals surface area (Å²) in [6, 6.07) is 12.2. The molecule has 12 heteroatoms. The molecule has 2 aromatic carbocycles. The number of amides is 2. The molecule has 1 unspecified atom stereocenters. The Kier molecular flexibility index (Phi) is 7.20. The first-order valence-electron chi connectivity index (χ1n) is 9.87. The maximum atomic E-state index is 12.7. The first-order valence-corrected chi connectivity index (χ1v) is 11.1. The summed E-state index contributed by atoms with van der Waals surface area (Å²) in [6.07, 6.45) is 0.730. The van der Waals surface area contributed by atoms with Crippen LogP contribution in [0.1, 0.15) is 19.4 Å². The van der Waals surface area contributed by atoms with Gasteiger partial charge in [0, 0.05) is 37.6 Å². The number of rotatable bonds is 6. The van der Waals surface area contributed by atoms with Crippen molar-refractivity contribution >= 4 is 57.6 Å². The molecule has 1 atom stereocenters. The fourth-order valence-corrected chi connectivity index (χ4v) is 4.96. The molecular formula is C21H24N6O4S2. The van der Waals surface area contributed by atoms with E-state index in [1.54, 1.807) is 6.21 Å². The van der Waals surface area contributed by atoms with E-state index in [2.05, 4.69) is 10.4 Å². The number of anilines is 2. The van der Waals surface area contributed by atoms with E-state index >= 15 is 0 Å². The van der Waals surface area contributed by atoms with Crippen LogP contribution in [0, 0.1) is 10.1 Å². The SMILES string of the molecule is CN(C)c1ccc(/C=N/N2C(=S)SC(C)(C)C2N(O)C(=O)Nc2ccc([N+](=O)[O-])cc2)cc1. The molecule has 2 aromatic rings. The van der Waals surface area contributed by atoms with Crippen molar-refractivity contribution < 1.29 is 14.9 Å². The van der Waals surface area contributed by atoms with Crippen LogP contribution in [-0.4, -0.2) is 61.8 Å². The molecule has 0 aromatic heterocycles. The number of carbonyl (C=O) groups is 1. The van der Waals surface area contributed by atoms with Crippen LogP contribution in [0.4, 0.5) is 21.9 Å². The van der Waals surface area contributed by atoms with Gasteiger partial charge < -0.3 is 10.2 Å². The summed E-state index contributed by atoms with van der Waals surface area (Å²) >= 11 is 6.76. The summed E-state index contributed by atoms with van der Waals surface area (Å²) in [5.41, 5.74) is 2.07. The Morgan fingerprint density at radius 1 is 1.24 bits per heavy atom. The second-order valence-corrected chi connectivity index (χ2v) is 10.3. The van der Waals surface area contributed by atoms with Gasteiger partial charge in [-0.2, -0.15) is 10.2 Å². The first-order chi connectivity index (χ1) is 15.5. The maximum absolute atomic E-state index is 12.7. The third kappa shape index (κ3) is 5.59. The lowest BCUT2D eigenvalue weighted by molar-refractivity contribution is -0.384. The molecule has 0 aliphatic carbocycles. The van der Waals surface area contributed by atoms with Crippen molar-refractivity contribution in [3.63, 3.8) is 0 Å². The molecule has 0 spiro atoms. The van der Waals surface area contributed by atoms with Gasteiger partial charge >= 0.3 is 6.03 Å². The largest absolute Gasteiger partial charge is 0.378 e. The standard InChI is InChI=1S/C21H24N6O4S2/c1-21(2)18(26(29)19(28)23-15-7-11-17(12-8-15)27(30)31)25(20(32)33-21)22-13-14-5-9-16(10-6-14)24(3)4/h5-13,18,29H,1-4H3,(H,23,28)/b22-13+. The number of hydrazone groups is 1. The number of nitrogens with zero attached hydrogens (tertiary/aromatic N) is 5. The maximum Gasteiger partial charge on any atom is 0.347 e. The molecule has 1 saturated heterocycles. The minimum absolute atomic E-state index is 0.105. The number of non-ortho nitro benzene ring substituents is 1. The highest BCUT2D eigenvalue weighted by Gasteiger charge is 2.50. The second kappa shape index (κ2) is 9.73. The summed E-state index contributed by atoms with van der Waals surface area (Å²) in [4.78, 5) is 25.0. The van der Waals surface area contributed by atoms with Gasteiger partial charge in [0.1, 0.15) is 0 Å². The van der Waals surface area contributed by atoms with Crippen LogP contribution >= 0.6 is 24.0 Å². The minimum Gasteiger partial charge on any atom is -0.378 e. The first kappa shape index (κ1) is 24.4. The fraction of sp³-hybridized carbons (Fsp3) is 0.286. The molecule has 1 aliphatic rings. The number of urea groups is 1. The molecule has 0 radical (unpaired) electrons. The Morgan fingerprint density at radius 2 is 1.85 bits per heavy atom. The van der Waals surface area contributed by atoms with Gasteiger partial charge in [-0.3, -0.25) is 15.3 Å². The van der Waals surface area contributed by atoms with Gasteiger partial charge in [0.15, 0.2) is 10.5 Å². The Hall–Kier alpha value is -3.22. The Balaban J connectivity index is 1.77. The minimum atomic E-state index is -0.884. The third-order valence-corrected chi connectivity index (χ3v) is 6.44. The summed E-state index contributed by atoms with van der Waals surface area (Å²) in [5, 5.41) is 30.5. The lowest BCUT2D eigenvalue weighted by Crippen LogP contribution is -2.54. The molecule has 2 amide bonds. The Morgan fingerprint density at radius 3 is 2.39 bits per heavy atom. The van der Waals surface area contributed by atoms with Gasteiger partial charge in [0.25, 0.3) is 5.69 Å². The molecule has 0 bridgehead atoms. The zero-order valence-corrected chi connectivity index (χ0v) is 20.1. The van der Waals surface area contributed by atoms with Crippen LogP contribution in [0.3, 0.4) is 0 Å². The van der Waals surface area contributed by atoms with E-state index in [1.165, 1.54) is 41.0 Å². The highest BCUT2D eigenvalue weighted by molar-refractivity contribution is 8.24. The predicted molar refractivity (Wildman–Crippen MR) is 134 cm³/mol. The van der Waals surface area contributed by atoms with Gasteiger partial charge in [0.2, 0.25) is 0 Å². The van der Waals surface area contributed by atoms with Crippen molar-refractivity contribution in [1.29, 1.82) is 0 Å². The Labute approximate surface area is 201 Å². The zero-order valence-electron chi connectivity index (χ0n) is 18.5. The fourth-order valence-electron chi connectivity index (χ4n) is 3.17. The van der Waals surface area contributed by atoms with Gasteiger partial charge in [0.05, 0.1) is 15.9 Å². The number of benzene rings is 2. The number of thiocarbonyl (C=S) groups is 1. The molecular weight excluding hydrogens is 464 g/mol. The number of nitro benzene ring substituents is 1. The van der Waals surface area contributed by atoms with E-state index in [-0.39, 0.29) is 5.69 Å². The number of nitrogens with one attached hydrogen (secondary N) is 1. The number of hydroxylamine groups is 2. The van der Waals surface area contributed by atoms with Crippen molar-refractivity contribution in [2.45, 2.75) is 24.8 Å². The molecule has 33 heavy (non-hydrogen) atoms. The summed E-state index contributed by atoms with van der Waals surface area (Å²) < 4.78 is -0.251. The monoisotopic (exact) mass is 488 g/mol. The smallest absolute Gasteiger partial charge is 0.347 e. The van der Waals surface area contributed by atoms with E-state index in [0.29, 0.717) is 15.1 Å². The van der Waals surface area contributed by atoms with Crippen molar-refractivity contribution in [3.05, 3.63) is 64.2 Å². The predicted octanol–water partition coefficient (Wildman–Crippen LogP) is 4.36. The lowest BCUT2D eigenvalue weighted by atomic mass is 10.1. The van der Waals surface area contributed by atoms with E-state index in [9.17, 15) is 20.1 Å². The van der Waals surface area contributed by atoms with E-state index in [4.69, 9.17) is 12.2 Å². The van der Waals surface area contributed by atoms with Gasteiger partial charge in [-0.05, 0) is 43.7 Å². The molecule has 174 valence electrons. The van der Waals surface area contributed by atoms with E-state index < -0.39 is 21.9 Å². The molecule has 3 rings (SSSR count). The molecule has 1 aliphatic heterocycles. The summed E-state index contributed by atoms with van der Waals surface area (Å²) in [5.74, 6) is 0. The van der Waals surface area contributed by atoms with Crippen molar-refractivity contribution in [3.8, 4) is 0 Å². The highest BCUT2D eigenvalue weighted by atomic mass is 32.2. The van der Waals surface area contributed by atoms with Crippen molar-refractivity contribution in [2.75, 3.05) is 24.3 Å². The number of thioether (sulfide) groups is 1. The lowest BCUT2D eigenvalue weighted by Gasteiger charge is -2.34. The third-order valence-electron chi connectivity index (χ3n) is 4.90. The molecule has 1 heterocycles. The number of hydrogen-bond donors (Lipinski definition) is 2. The number of carbonyl (C=O) groups excluding carboxylic acids is 1. The quantitative estimate of drug-likeness (QED) is 0.203. The summed E-state index contributed by atoms with van der Waals surface area (Å²) in [6.45, 7) is 3.69. The van der Waals surface area contributed by atoms with Crippen LogP contribution in [-0.2, 0) is 0 Å². The molecule has 10 nitrogen and oxygen atoms in total. The van der Waals surface area contributed by atoms with Crippen molar-refractivity contribution in [2.24, 2.45) is 5.10 Å². The van der Waals surface area contributed by atoms with E-state index in [0.717, 1.165) is 11.3 Å². The second-order valence-electron chi connectivity index (χ2n) is 8.00. The van der Waals surface area contributed by atoms with Crippen molar-refractivity contribution in [1.82, 2.24) is 10.1 Å². The molecule has 1 fully saturated rings. The topological polar surface area (TPSA) is 115 Å². The van der Waals surface area contributed by atoms with Crippen LogP contribution in [0.25, 0.3) is 0 Å². The van der Waals surface area contributed by atoms with Gasteiger partial charge in [-0.1, -0.05) is 36.1 Å².